The Balaban J connectivity index is 0.00000400. The van der Waals surface area contributed by atoms with Gasteiger partial charge in [0.25, 0.3) is 0 Å². The zero-order valence-corrected chi connectivity index (χ0v) is 13.1. The molecule has 1 aromatic carbocycles. The predicted octanol–water partition coefficient (Wildman–Crippen LogP) is 3.54. The molecule has 0 spiro atoms. The van der Waals surface area contributed by atoms with Crippen molar-refractivity contribution < 1.29 is 18.0 Å². The highest BCUT2D eigenvalue weighted by molar-refractivity contribution is 7.99. The molecule has 21 heavy (non-hydrogen) atoms. The van der Waals surface area contributed by atoms with Gasteiger partial charge in [0.15, 0.2) is 0 Å². The summed E-state index contributed by atoms with van der Waals surface area (Å²) in [4.78, 5) is 12.1. The van der Waals surface area contributed by atoms with Crippen molar-refractivity contribution in [2.45, 2.75) is 24.2 Å². The lowest BCUT2D eigenvalue weighted by atomic mass is 10.2. The second-order valence-electron chi connectivity index (χ2n) is 4.10. The van der Waals surface area contributed by atoms with E-state index in [1.807, 2.05) is 0 Å². The summed E-state index contributed by atoms with van der Waals surface area (Å²) in [6, 6.07) is 3.72. The minimum atomic E-state index is -2.45. The highest BCUT2D eigenvalue weighted by Crippen LogP contribution is 2.29. The molecule has 1 aromatic rings. The fourth-order valence-electron chi connectivity index (χ4n) is 1.52. The van der Waals surface area contributed by atoms with Gasteiger partial charge in [-0.1, -0.05) is 0 Å². The minimum absolute atomic E-state index is 0. The standard InChI is InChI=1S/C13H17F3N2OS.ClH/c1-17-6-2-3-13(19)18-10-7-9(14)4-5-11(10)20-8-12(15)16;/h4-5,7,12,17H,2-3,6,8H2,1H3,(H,18,19);1H. The number of carbonyl (C=O) groups excluding carboxylic acids is 1. The van der Waals surface area contributed by atoms with Crippen LogP contribution in [0.5, 0.6) is 0 Å². The third kappa shape index (κ3) is 8.18. The van der Waals surface area contributed by atoms with Crippen molar-refractivity contribution in [1.29, 1.82) is 0 Å². The summed E-state index contributed by atoms with van der Waals surface area (Å²) in [6.07, 6.45) is -1.52. The first-order valence-corrected chi connectivity index (χ1v) is 7.16. The lowest BCUT2D eigenvalue weighted by Gasteiger charge is -2.11. The summed E-state index contributed by atoms with van der Waals surface area (Å²) in [5.41, 5.74) is 0.241. The van der Waals surface area contributed by atoms with Crippen LogP contribution in [0.15, 0.2) is 23.1 Å². The predicted molar refractivity (Wildman–Crippen MR) is 82.2 cm³/mol. The molecule has 120 valence electrons. The molecular weight excluding hydrogens is 325 g/mol. The monoisotopic (exact) mass is 342 g/mol. The van der Waals surface area contributed by atoms with Gasteiger partial charge in [-0.25, -0.2) is 13.2 Å². The van der Waals surface area contributed by atoms with Gasteiger partial charge < -0.3 is 10.6 Å². The van der Waals surface area contributed by atoms with E-state index in [1.54, 1.807) is 7.05 Å². The molecule has 0 bridgehead atoms. The van der Waals surface area contributed by atoms with E-state index in [4.69, 9.17) is 0 Å². The summed E-state index contributed by atoms with van der Waals surface area (Å²) in [5.74, 6) is -1.17. The number of benzene rings is 1. The van der Waals surface area contributed by atoms with Gasteiger partial charge in [-0.05, 0) is 38.2 Å². The Morgan fingerprint density at radius 1 is 1.38 bits per heavy atom. The van der Waals surface area contributed by atoms with Crippen LogP contribution in [0.3, 0.4) is 0 Å². The molecule has 0 fully saturated rings. The number of thioether (sulfide) groups is 1. The Kier molecular flexibility index (Phi) is 10.3. The van der Waals surface area contributed by atoms with E-state index in [1.165, 1.54) is 12.1 Å². The van der Waals surface area contributed by atoms with Gasteiger partial charge in [-0.2, -0.15) is 0 Å². The maximum atomic E-state index is 13.2. The quantitative estimate of drug-likeness (QED) is 0.561. The molecule has 1 rings (SSSR count). The van der Waals surface area contributed by atoms with Gasteiger partial charge >= 0.3 is 0 Å². The van der Waals surface area contributed by atoms with Gasteiger partial charge in [0.2, 0.25) is 12.3 Å². The molecule has 0 aliphatic heterocycles. The molecule has 3 nitrogen and oxygen atoms in total. The number of alkyl halides is 2. The van der Waals surface area contributed by atoms with Crippen LogP contribution in [0, 0.1) is 5.82 Å². The van der Waals surface area contributed by atoms with Crippen LogP contribution in [-0.2, 0) is 4.79 Å². The molecule has 0 atom stereocenters. The Hall–Kier alpha value is -0.920. The summed E-state index contributed by atoms with van der Waals surface area (Å²) in [7, 11) is 1.78. The number of anilines is 1. The van der Waals surface area contributed by atoms with Crippen molar-refractivity contribution in [3.63, 3.8) is 0 Å². The van der Waals surface area contributed by atoms with Crippen LogP contribution in [-0.4, -0.2) is 31.7 Å². The average molecular weight is 343 g/mol. The van der Waals surface area contributed by atoms with E-state index in [-0.39, 0.29) is 30.4 Å². The van der Waals surface area contributed by atoms with Gasteiger partial charge in [0.05, 0.1) is 11.4 Å². The molecule has 0 aromatic heterocycles. The van der Waals surface area contributed by atoms with Gasteiger partial charge in [-0.3, -0.25) is 4.79 Å². The number of halogens is 4. The first-order valence-electron chi connectivity index (χ1n) is 6.18. The van der Waals surface area contributed by atoms with Crippen LogP contribution < -0.4 is 10.6 Å². The van der Waals surface area contributed by atoms with Crippen LogP contribution in [0.1, 0.15) is 12.8 Å². The van der Waals surface area contributed by atoms with Crippen molar-refractivity contribution in [2.75, 3.05) is 24.7 Å². The Bertz CT molecular complexity index is 449. The molecule has 0 heterocycles. The van der Waals surface area contributed by atoms with Crippen LogP contribution in [0.25, 0.3) is 0 Å². The van der Waals surface area contributed by atoms with Crippen molar-refractivity contribution in [2.24, 2.45) is 0 Å². The van der Waals surface area contributed by atoms with Crippen molar-refractivity contribution in [1.82, 2.24) is 5.32 Å². The summed E-state index contributed by atoms with van der Waals surface area (Å²) in [6.45, 7) is 0.698. The lowest BCUT2D eigenvalue weighted by Crippen LogP contribution is -2.15. The molecule has 0 aliphatic rings. The molecule has 2 N–H and O–H groups in total. The highest BCUT2D eigenvalue weighted by Gasteiger charge is 2.11. The second-order valence-corrected chi connectivity index (χ2v) is 5.16. The average Bonchev–Trinajstić information content (AvgIpc) is 2.38. The number of hydrogen-bond acceptors (Lipinski definition) is 3. The summed E-state index contributed by atoms with van der Waals surface area (Å²) < 4.78 is 37.6. The van der Waals surface area contributed by atoms with E-state index in [2.05, 4.69) is 10.6 Å². The first-order chi connectivity index (χ1) is 9.52. The first kappa shape index (κ1) is 20.1. The van der Waals surface area contributed by atoms with E-state index < -0.39 is 18.0 Å². The zero-order valence-electron chi connectivity index (χ0n) is 11.5. The molecule has 0 aliphatic carbocycles. The van der Waals surface area contributed by atoms with Gasteiger partial charge in [0.1, 0.15) is 5.82 Å². The molecule has 1 amide bonds. The van der Waals surface area contributed by atoms with E-state index in [0.717, 1.165) is 17.8 Å². The Morgan fingerprint density at radius 3 is 2.71 bits per heavy atom. The van der Waals surface area contributed by atoms with Crippen LogP contribution in [0.2, 0.25) is 0 Å². The fourth-order valence-corrected chi connectivity index (χ4v) is 2.25. The van der Waals surface area contributed by atoms with Crippen LogP contribution in [0.4, 0.5) is 18.9 Å². The highest BCUT2D eigenvalue weighted by atomic mass is 35.5. The lowest BCUT2D eigenvalue weighted by molar-refractivity contribution is -0.116. The number of carbonyl (C=O) groups is 1. The molecule has 0 unspecified atom stereocenters. The summed E-state index contributed by atoms with van der Waals surface area (Å²) in [5, 5.41) is 5.47. The van der Waals surface area contributed by atoms with E-state index >= 15 is 0 Å². The third-order valence-electron chi connectivity index (χ3n) is 2.41. The topological polar surface area (TPSA) is 41.1 Å². The van der Waals surface area contributed by atoms with Crippen molar-refractivity contribution in [3.05, 3.63) is 24.0 Å². The molecule has 0 saturated carbocycles. The second kappa shape index (κ2) is 10.8. The number of hydrogen-bond donors (Lipinski definition) is 2. The number of rotatable bonds is 8. The number of amides is 1. The van der Waals surface area contributed by atoms with Crippen LogP contribution >= 0.6 is 24.2 Å². The minimum Gasteiger partial charge on any atom is -0.325 e. The van der Waals surface area contributed by atoms with E-state index in [0.29, 0.717) is 17.9 Å². The molecule has 0 saturated heterocycles. The molecule has 0 radical (unpaired) electrons. The molecular formula is C13H18ClF3N2OS. The van der Waals surface area contributed by atoms with Crippen molar-refractivity contribution in [3.8, 4) is 0 Å². The Labute approximate surface area is 132 Å². The SMILES string of the molecule is CNCCCC(=O)Nc1cc(F)ccc1SCC(F)F.Cl. The van der Waals surface area contributed by atoms with Gasteiger partial charge in [-0.15, -0.1) is 24.2 Å². The number of nitrogens with one attached hydrogen (secondary N) is 2. The van der Waals surface area contributed by atoms with Gasteiger partial charge in [0, 0.05) is 11.3 Å². The Morgan fingerprint density at radius 2 is 2.10 bits per heavy atom. The molecule has 8 heteroatoms. The zero-order chi connectivity index (χ0) is 15.0. The maximum Gasteiger partial charge on any atom is 0.247 e. The van der Waals surface area contributed by atoms with Crippen molar-refractivity contribution >= 4 is 35.8 Å². The largest absolute Gasteiger partial charge is 0.325 e. The smallest absolute Gasteiger partial charge is 0.247 e. The fraction of sp³-hybridized carbons (Fsp3) is 0.462. The summed E-state index contributed by atoms with van der Waals surface area (Å²) >= 11 is 0.890. The third-order valence-corrected chi connectivity index (χ3v) is 3.50. The van der Waals surface area contributed by atoms with E-state index in [9.17, 15) is 18.0 Å². The maximum absolute atomic E-state index is 13.2. The normalized spacial score (nSPS) is 10.3.